The van der Waals surface area contributed by atoms with Crippen LogP contribution in [0.3, 0.4) is 0 Å². The molecule has 0 radical (unpaired) electrons. The Morgan fingerprint density at radius 1 is 1.12 bits per heavy atom. The number of rotatable bonds is 0. The zero-order valence-corrected chi connectivity index (χ0v) is 13.0. The fourth-order valence-electron chi connectivity index (χ4n) is 3.53. The quantitative estimate of drug-likeness (QED) is 0.511. The molecule has 0 fully saturated rings. The van der Waals surface area contributed by atoms with E-state index in [-0.39, 0.29) is 5.63 Å². The van der Waals surface area contributed by atoms with Crippen LogP contribution < -0.4 is 10.9 Å². The SMILES string of the molecule is O=c1oc2ccccc2c2nc3c(cc12)C1=C(C=NCCN1)CC3. The summed E-state index contributed by atoms with van der Waals surface area (Å²) in [5.41, 5.74) is 5.24. The molecule has 1 aliphatic carbocycles. The van der Waals surface area contributed by atoms with Gasteiger partial charge < -0.3 is 9.73 Å². The van der Waals surface area contributed by atoms with Crippen molar-refractivity contribution < 1.29 is 4.42 Å². The summed E-state index contributed by atoms with van der Waals surface area (Å²) in [7, 11) is 0. The van der Waals surface area contributed by atoms with E-state index < -0.39 is 0 Å². The molecule has 0 spiro atoms. The predicted molar refractivity (Wildman–Crippen MR) is 94.4 cm³/mol. The molecule has 0 atom stereocenters. The fourth-order valence-corrected chi connectivity index (χ4v) is 3.53. The van der Waals surface area contributed by atoms with Crippen LogP contribution in [-0.2, 0) is 6.42 Å². The van der Waals surface area contributed by atoms with E-state index in [1.165, 1.54) is 5.57 Å². The number of benzene rings is 1. The molecule has 0 bridgehead atoms. The summed E-state index contributed by atoms with van der Waals surface area (Å²) in [6, 6.07) is 9.48. The zero-order chi connectivity index (χ0) is 16.1. The first-order valence-electron chi connectivity index (χ1n) is 8.14. The molecule has 0 saturated carbocycles. The maximum atomic E-state index is 12.4. The van der Waals surface area contributed by atoms with Crippen LogP contribution in [0.5, 0.6) is 0 Å². The number of pyridine rings is 1. The van der Waals surface area contributed by atoms with Crippen molar-refractivity contribution in [2.75, 3.05) is 13.1 Å². The van der Waals surface area contributed by atoms with Gasteiger partial charge >= 0.3 is 5.63 Å². The van der Waals surface area contributed by atoms with Crippen LogP contribution in [-0.4, -0.2) is 24.3 Å². The maximum Gasteiger partial charge on any atom is 0.345 e. The smallest absolute Gasteiger partial charge is 0.345 e. The highest BCUT2D eigenvalue weighted by molar-refractivity contribution is 6.03. The molecule has 5 heteroatoms. The molecule has 3 aromatic rings. The predicted octanol–water partition coefficient (Wildman–Crippen LogP) is 2.67. The Morgan fingerprint density at radius 3 is 3.00 bits per heavy atom. The van der Waals surface area contributed by atoms with Crippen molar-refractivity contribution in [1.29, 1.82) is 0 Å². The molecule has 5 rings (SSSR count). The molecule has 3 heterocycles. The zero-order valence-electron chi connectivity index (χ0n) is 13.0. The third kappa shape index (κ3) is 1.91. The summed E-state index contributed by atoms with van der Waals surface area (Å²) in [5.74, 6) is 0. The normalized spacial score (nSPS) is 16.7. The highest BCUT2D eigenvalue weighted by Gasteiger charge is 2.22. The van der Waals surface area contributed by atoms with Gasteiger partial charge in [-0.25, -0.2) is 4.79 Å². The average molecular weight is 317 g/mol. The van der Waals surface area contributed by atoms with E-state index >= 15 is 0 Å². The Hall–Kier alpha value is -2.95. The number of para-hydroxylation sites is 1. The van der Waals surface area contributed by atoms with Gasteiger partial charge in [-0.05, 0) is 36.6 Å². The Kier molecular flexibility index (Phi) is 2.82. The summed E-state index contributed by atoms with van der Waals surface area (Å²) in [6.07, 6.45) is 3.72. The number of nitrogens with one attached hydrogen (secondary N) is 1. The molecule has 1 aliphatic heterocycles. The molecule has 1 N–H and O–H groups in total. The van der Waals surface area contributed by atoms with E-state index in [1.54, 1.807) is 6.07 Å². The molecule has 1 aromatic carbocycles. The van der Waals surface area contributed by atoms with Gasteiger partial charge in [0.2, 0.25) is 0 Å². The van der Waals surface area contributed by atoms with Crippen LogP contribution in [0.25, 0.3) is 27.6 Å². The molecule has 2 aromatic heterocycles. The third-order valence-electron chi connectivity index (χ3n) is 4.68. The second-order valence-electron chi connectivity index (χ2n) is 6.13. The van der Waals surface area contributed by atoms with E-state index in [4.69, 9.17) is 9.40 Å². The minimum absolute atomic E-state index is 0.339. The van der Waals surface area contributed by atoms with Crippen molar-refractivity contribution in [3.05, 3.63) is 57.6 Å². The van der Waals surface area contributed by atoms with Crippen molar-refractivity contribution in [1.82, 2.24) is 10.3 Å². The Morgan fingerprint density at radius 2 is 2.04 bits per heavy atom. The van der Waals surface area contributed by atoms with E-state index in [1.807, 2.05) is 30.5 Å². The van der Waals surface area contributed by atoms with Crippen LogP contribution in [0.15, 0.2) is 50.1 Å². The van der Waals surface area contributed by atoms with Gasteiger partial charge in [-0.3, -0.25) is 9.98 Å². The second kappa shape index (κ2) is 5.03. The van der Waals surface area contributed by atoms with Gasteiger partial charge in [-0.2, -0.15) is 0 Å². The maximum absolute atomic E-state index is 12.4. The molecule has 0 saturated heterocycles. The molecule has 118 valence electrons. The number of aliphatic imine (C=N–C) groups is 1. The van der Waals surface area contributed by atoms with Gasteiger partial charge in [-0.1, -0.05) is 12.1 Å². The highest BCUT2D eigenvalue weighted by Crippen LogP contribution is 2.32. The monoisotopic (exact) mass is 317 g/mol. The summed E-state index contributed by atoms with van der Waals surface area (Å²) in [5, 5.41) is 4.85. The van der Waals surface area contributed by atoms with Crippen molar-refractivity contribution in [3.63, 3.8) is 0 Å². The highest BCUT2D eigenvalue weighted by atomic mass is 16.4. The number of aryl methyl sites for hydroxylation is 1. The first-order valence-corrected chi connectivity index (χ1v) is 8.14. The lowest BCUT2D eigenvalue weighted by atomic mass is 9.92. The minimum Gasteiger partial charge on any atom is -0.422 e. The third-order valence-corrected chi connectivity index (χ3v) is 4.68. The minimum atomic E-state index is -0.339. The van der Waals surface area contributed by atoms with Crippen LogP contribution in [0.4, 0.5) is 0 Å². The molecule has 0 unspecified atom stereocenters. The van der Waals surface area contributed by atoms with Gasteiger partial charge in [0, 0.05) is 29.4 Å². The van der Waals surface area contributed by atoms with Gasteiger partial charge in [0.05, 0.1) is 23.1 Å². The van der Waals surface area contributed by atoms with Gasteiger partial charge in [0.15, 0.2) is 0 Å². The van der Waals surface area contributed by atoms with E-state index in [2.05, 4.69) is 10.3 Å². The van der Waals surface area contributed by atoms with Crippen LogP contribution in [0, 0.1) is 0 Å². The number of hydrogen-bond donors (Lipinski definition) is 1. The molecule has 5 nitrogen and oxygen atoms in total. The fraction of sp³-hybridized carbons (Fsp3) is 0.211. The Balaban J connectivity index is 1.86. The first kappa shape index (κ1) is 13.5. The van der Waals surface area contributed by atoms with Gasteiger partial charge in [0.1, 0.15) is 5.58 Å². The number of nitrogens with zero attached hydrogens (tertiary/aromatic N) is 2. The largest absolute Gasteiger partial charge is 0.422 e. The Labute approximate surface area is 137 Å². The first-order chi connectivity index (χ1) is 11.8. The van der Waals surface area contributed by atoms with Crippen molar-refractivity contribution >= 4 is 33.8 Å². The lowest BCUT2D eigenvalue weighted by Gasteiger charge is -2.21. The summed E-state index contributed by atoms with van der Waals surface area (Å²) in [6.45, 7) is 1.55. The van der Waals surface area contributed by atoms with Gasteiger partial charge in [-0.15, -0.1) is 0 Å². The van der Waals surface area contributed by atoms with Crippen molar-refractivity contribution in [3.8, 4) is 0 Å². The summed E-state index contributed by atoms with van der Waals surface area (Å²) in [4.78, 5) is 21.7. The van der Waals surface area contributed by atoms with Crippen LogP contribution in [0.1, 0.15) is 17.7 Å². The molecular weight excluding hydrogens is 302 g/mol. The number of allylic oxidation sites excluding steroid dienone is 1. The number of aromatic nitrogens is 1. The molecule has 24 heavy (non-hydrogen) atoms. The standard InChI is InChI=1S/C19H15N3O2/c23-19-14-9-13-15(6-5-11-10-20-7-8-21-17(11)13)22-18(14)12-3-1-2-4-16(12)24-19/h1-4,9-10,21H,5-8H2. The molecule has 2 aliphatic rings. The van der Waals surface area contributed by atoms with Crippen LogP contribution >= 0.6 is 0 Å². The lowest BCUT2D eigenvalue weighted by Crippen LogP contribution is -2.21. The average Bonchev–Trinajstić information content (AvgIpc) is 2.86. The molecule has 0 amide bonds. The number of fused-ring (bicyclic) bond motifs is 5. The lowest BCUT2D eigenvalue weighted by molar-refractivity contribution is 0.569. The summed E-state index contributed by atoms with van der Waals surface area (Å²) >= 11 is 0. The summed E-state index contributed by atoms with van der Waals surface area (Å²) < 4.78 is 5.47. The van der Waals surface area contributed by atoms with Crippen molar-refractivity contribution in [2.24, 2.45) is 4.99 Å². The Bertz CT molecular complexity index is 1110. The van der Waals surface area contributed by atoms with E-state index in [0.29, 0.717) is 11.0 Å². The second-order valence-corrected chi connectivity index (χ2v) is 6.13. The van der Waals surface area contributed by atoms with Gasteiger partial charge in [0.25, 0.3) is 0 Å². The molecular formula is C19H15N3O2. The number of hydrogen-bond acceptors (Lipinski definition) is 5. The topological polar surface area (TPSA) is 67.5 Å². The van der Waals surface area contributed by atoms with Crippen LogP contribution in [0.2, 0.25) is 0 Å². The van der Waals surface area contributed by atoms with Crippen molar-refractivity contribution in [2.45, 2.75) is 12.8 Å². The van der Waals surface area contributed by atoms with E-state index in [0.717, 1.165) is 53.8 Å². The van der Waals surface area contributed by atoms with E-state index in [9.17, 15) is 4.79 Å².